The topological polar surface area (TPSA) is 46.2 Å². The van der Waals surface area contributed by atoms with Crippen LogP contribution in [-0.4, -0.2) is 20.3 Å². The number of sulfonamides is 1. The fourth-order valence-corrected chi connectivity index (χ4v) is 3.87. The quantitative estimate of drug-likeness (QED) is 0.846. The van der Waals surface area contributed by atoms with Crippen molar-refractivity contribution in [2.24, 2.45) is 5.92 Å². The van der Waals surface area contributed by atoms with Crippen LogP contribution in [0, 0.1) is 5.92 Å². The van der Waals surface area contributed by atoms with Crippen LogP contribution in [0.15, 0.2) is 30.3 Å². The van der Waals surface area contributed by atoms with E-state index in [4.69, 9.17) is 11.6 Å². The number of alkyl halides is 1. The molecule has 0 bridgehead atoms. The summed E-state index contributed by atoms with van der Waals surface area (Å²) in [5, 5.41) is 0.115. The molecule has 2 unspecified atom stereocenters. The van der Waals surface area contributed by atoms with Crippen molar-refractivity contribution in [3.8, 4) is 0 Å². The first-order valence-electron chi connectivity index (χ1n) is 6.22. The lowest BCUT2D eigenvalue weighted by atomic mass is 10.1. The Morgan fingerprint density at radius 1 is 1.22 bits per heavy atom. The molecule has 18 heavy (non-hydrogen) atoms. The molecule has 1 aliphatic carbocycles. The molecular formula is C13H18ClNO2S. The Hall–Kier alpha value is -0.580. The maximum atomic E-state index is 11.9. The molecule has 0 spiro atoms. The Labute approximate surface area is 114 Å². The molecule has 0 radical (unpaired) electrons. The summed E-state index contributed by atoms with van der Waals surface area (Å²) in [7, 11) is -3.25. The van der Waals surface area contributed by atoms with Crippen LogP contribution < -0.4 is 4.72 Å². The predicted octanol–water partition coefficient (Wildman–Crippen LogP) is 2.51. The third kappa shape index (κ3) is 3.97. The van der Waals surface area contributed by atoms with E-state index in [-0.39, 0.29) is 17.0 Å². The number of hydrogen-bond donors (Lipinski definition) is 1. The van der Waals surface area contributed by atoms with E-state index < -0.39 is 10.0 Å². The van der Waals surface area contributed by atoms with E-state index >= 15 is 0 Å². The van der Waals surface area contributed by atoms with Crippen molar-refractivity contribution in [3.63, 3.8) is 0 Å². The van der Waals surface area contributed by atoms with Gasteiger partial charge in [0.05, 0.1) is 5.75 Å². The van der Waals surface area contributed by atoms with Gasteiger partial charge in [-0.05, 0) is 24.3 Å². The van der Waals surface area contributed by atoms with Gasteiger partial charge >= 0.3 is 0 Å². The second-order valence-electron chi connectivity index (χ2n) is 4.80. The van der Waals surface area contributed by atoms with Gasteiger partial charge in [0.15, 0.2) is 0 Å². The van der Waals surface area contributed by atoms with Crippen molar-refractivity contribution in [2.75, 3.05) is 6.54 Å². The van der Waals surface area contributed by atoms with Gasteiger partial charge in [0.25, 0.3) is 0 Å². The molecule has 100 valence electrons. The van der Waals surface area contributed by atoms with E-state index in [9.17, 15) is 8.42 Å². The number of hydrogen-bond acceptors (Lipinski definition) is 2. The van der Waals surface area contributed by atoms with E-state index in [0.29, 0.717) is 6.54 Å². The van der Waals surface area contributed by atoms with Crippen molar-refractivity contribution in [1.82, 2.24) is 4.72 Å². The Morgan fingerprint density at radius 2 is 1.94 bits per heavy atom. The minimum Gasteiger partial charge on any atom is -0.215 e. The minimum absolute atomic E-state index is 0.0352. The highest BCUT2D eigenvalue weighted by Gasteiger charge is 2.26. The third-order valence-corrected chi connectivity index (χ3v) is 5.23. The number of rotatable bonds is 5. The summed E-state index contributed by atoms with van der Waals surface area (Å²) in [4.78, 5) is 0. The first-order chi connectivity index (χ1) is 8.57. The lowest BCUT2D eigenvalue weighted by Crippen LogP contribution is -2.32. The van der Waals surface area contributed by atoms with Crippen LogP contribution in [0.3, 0.4) is 0 Å². The maximum absolute atomic E-state index is 11.9. The summed E-state index contributed by atoms with van der Waals surface area (Å²) < 4.78 is 26.5. The van der Waals surface area contributed by atoms with Crippen molar-refractivity contribution < 1.29 is 8.42 Å². The van der Waals surface area contributed by atoms with Crippen LogP contribution >= 0.6 is 11.6 Å². The molecule has 1 N–H and O–H groups in total. The van der Waals surface area contributed by atoms with Gasteiger partial charge in [-0.15, -0.1) is 11.6 Å². The highest BCUT2D eigenvalue weighted by molar-refractivity contribution is 7.88. The van der Waals surface area contributed by atoms with E-state index in [2.05, 4.69) is 4.72 Å². The molecule has 2 atom stereocenters. The van der Waals surface area contributed by atoms with Crippen molar-refractivity contribution >= 4 is 21.6 Å². The Balaban J connectivity index is 1.88. The standard InChI is InChI=1S/C13H18ClNO2S/c14-13-8-4-7-12(13)9-15-18(16,17)10-11-5-2-1-3-6-11/h1-3,5-6,12-13,15H,4,7-10H2. The molecule has 5 heteroatoms. The summed E-state index contributed by atoms with van der Waals surface area (Å²) in [5.74, 6) is 0.310. The second-order valence-corrected chi connectivity index (χ2v) is 7.17. The van der Waals surface area contributed by atoms with Gasteiger partial charge in [0.2, 0.25) is 10.0 Å². The number of benzene rings is 1. The highest BCUT2D eigenvalue weighted by Crippen LogP contribution is 2.29. The van der Waals surface area contributed by atoms with Crippen molar-refractivity contribution in [2.45, 2.75) is 30.4 Å². The summed E-state index contributed by atoms with van der Waals surface area (Å²) in [6, 6.07) is 9.20. The van der Waals surface area contributed by atoms with Gasteiger partial charge in [0.1, 0.15) is 0 Å². The van der Waals surface area contributed by atoms with E-state index in [0.717, 1.165) is 24.8 Å². The van der Waals surface area contributed by atoms with Crippen LogP contribution in [-0.2, 0) is 15.8 Å². The lowest BCUT2D eigenvalue weighted by Gasteiger charge is -2.14. The molecule has 2 rings (SSSR count). The highest BCUT2D eigenvalue weighted by atomic mass is 35.5. The van der Waals surface area contributed by atoms with E-state index in [1.165, 1.54) is 0 Å². The number of halogens is 1. The molecule has 0 heterocycles. The molecule has 1 saturated carbocycles. The molecule has 3 nitrogen and oxygen atoms in total. The molecule has 0 saturated heterocycles. The fourth-order valence-electron chi connectivity index (χ4n) is 2.30. The molecule has 1 aromatic carbocycles. The van der Waals surface area contributed by atoms with Gasteiger partial charge in [-0.2, -0.15) is 0 Å². The normalized spacial score (nSPS) is 24.3. The van der Waals surface area contributed by atoms with Crippen molar-refractivity contribution in [1.29, 1.82) is 0 Å². The first-order valence-corrected chi connectivity index (χ1v) is 8.31. The van der Waals surface area contributed by atoms with Gasteiger partial charge in [0, 0.05) is 11.9 Å². The van der Waals surface area contributed by atoms with E-state index in [1.54, 1.807) is 0 Å². The Kier molecular flexibility index (Phi) is 4.65. The van der Waals surface area contributed by atoms with Gasteiger partial charge in [-0.25, -0.2) is 13.1 Å². The SMILES string of the molecule is O=S(=O)(Cc1ccccc1)NCC1CCCC1Cl. The maximum Gasteiger partial charge on any atom is 0.215 e. The van der Waals surface area contributed by atoms with Crippen LogP contribution in [0.25, 0.3) is 0 Å². The lowest BCUT2D eigenvalue weighted by molar-refractivity contribution is 0.523. The molecule has 0 aromatic heterocycles. The molecule has 1 fully saturated rings. The molecule has 1 aromatic rings. The monoisotopic (exact) mass is 287 g/mol. The van der Waals surface area contributed by atoms with Crippen LogP contribution in [0.2, 0.25) is 0 Å². The average Bonchev–Trinajstić information content (AvgIpc) is 2.73. The third-order valence-electron chi connectivity index (χ3n) is 3.33. The zero-order valence-corrected chi connectivity index (χ0v) is 11.8. The minimum atomic E-state index is -3.25. The van der Waals surface area contributed by atoms with Crippen LogP contribution in [0.4, 0.5) is 0 Å². The summed E-state index contributed by atoms with van der Waals surface area (Å²) in [5.41, 5.74) is 0.804. The molecule has 1 aliphatic rings. The molecule has 0 amide bonds. The van der Waals surface area contributed by atoms with Crippen LogP contribution in [0.5, 0.6) is 0 Å². The molecular weight excluding hydrogens is 270 g/mol. The van der Waals surface area contributed by atoms with Gasteiger partial charge in [-0.1, -0.05) is 36.8 Å². The first kappa shape index (κ1) is 13.8. The van der Waals surface area contributed by atoms with Gasteiger partial charge in [-0.3, -0.25) is 0 Å². The van der Waals surface area contributed by atoms with Gasteiger partial charge < -0.3 is 0 Å². The average molecular weight is 288 g/mol. The molecule has 0 aliphatic heterocycles. The summed E-state index contributed by atoms with van der Waals surface area (Å²) in [6.45, 7) is 0.462. The summed E-state index contributed by atoms with van der Waals surface area (Å²) in [6.07, 6.45) is 3.11. The predicted molar refractivity (Wildman–Crippen MR) is 74.1 cm³/mol. The van der Waals surface area contributed by atoms with Crippen molar-refractivity contribution in [3.05, 3.63) is 35.9 Å². The number of nitrogens with one attached hydrogen (secondary N) is 1. The largest absolute Gasteiger partial charge is 0.215 e. The fraction of sp³-hybridized carbons (Fsp3) is 0.538. The Bertz CT molecular complexity index is 475. The smallest absolute Gasteiger partial charge is 0.215 e. The van der Waals surface area contributed by atoms with Crippen LogP contribution in [0.1, 0.15) is 24.8 Å². The Morgan fingerprint density at radius 3 is 2.56 bits per heavy atom. The second kappa shape index (κ2) is 6.04. The zero-order chi connectivity index (χ0) is 13.0. The zero-order valence-electron chi connectivity index (χ0n) is 10.2. The van der Waals surface area contributed by atoms with E-state index in [1.807, 2.05) is 30.3 Å². The summed E-state index contributed by atoms with van der Waals surface area (Å²) >= 11 is 6.13.